The van der Waals surface area contributed by atoms with Crippen LogP contribution >= 0.6 is 0 Å². The zero-order chi connectivity index (χ0) is 17.8. The summed E-state index contributed by atoms with van der Waals surface area (Å²) in [6.07, 6.45) is 1.09. The van der Waals surface area contributed by atoms with Crippen molar-refractivity contribution in [2.45, 2.75) is 32.4 Å². The number of rotatable bonds is 6. The fourth-order valence-electron chi connectivity index (χ4n) is 2.87. The van der Waals surface area contributed by atoms with Gasteiger partial charge < -0.3 is 0 Å². The lowest BCUT2D eigenvalue weighted by Gasteiger charge is -2.22. The van der Waals surface area contributed by atoms with Gasteiger partial charge in [-0.2, -0.15) is 0 Å². The summed E-state index contributed by atoms with van der Waals surface area (Å²) in [5.74, 6) is 0.0738. The maximum absolute atomic E-state index is 12.7. The van der Waals surface area contributed by atoms with Crippen molar-refractivity contribution in [1.82, 2.24) is 8.61 Å². The van der Waals surface area contributed by atoms with Crippen LogP contribution in [0.3, 0.4) is 0 Å². The molecule has 0 aliphatic carbocycles. The third-order valence-corrected chi connectivity index (χ3v) is 8.17. The Morgan fingerprint density at radius 2 is 1.50 bits per heavy atom. The van der Waals surface area contributed by atoms with Crippen molar-refractivity contribution in [1.29, 1.82) is 0 Å². The van der Waals surface area contributed by atoms with Gasteiger partial charge in [-0.3, -0.25) is 0 Å². The molecule has 6 nitrogen and oxygen atoms in total. The van der Waals surface area contributed by atoms with Gasteiger partial charge in [-0.25, -0.2) is 25.4 Å². The molecule has 136 valence electrons. The summed E-state index contributed by atoms with van der Waals surface area (Å²) < 4.78 is 52.6. The molecular formula is C16H26N2O4S2. The summed E-state index contributed by atoms with van der Waals surface area (Å²) in [6.45, 7) is 4.93. The summed E-state index contributed by atoms with van der Waals surface area (Å²) in [4.78, 5) is 0. The van der Waals surface area contributed by atoms with Crippen molar-refractivity contribution in [3.63, 3.8) is 0 Å². The lowest BCUT2D eigenvalue weighted by Crippen LogP contribution is -2.38. The molecule has 24 heavy (non-hydrogen) atoms. The summed E-state index contributed by atoms with van der Waals surface area (Å²) in [7, 11) is -6.73. The Hall–Kier alpha value is -0.960. The van der Waals surface area contributed by atoms with E-state index >= 15 is 0 Å². The van der Waals surface area contributed by atoms with Gasteiger partial charge in [0.15, 0.2) is 0 Å². The number of nitrogens with zero attached hydrogens (tertiary/aromatic N) is 2. The molecule has 1 aliphatic heterocycles. The molecule has 0 radical (unpaired) electrons. The van der Waals surface area contributed by atoms with E-state index in [9.17, 15) is 16.8 Å². The minimum absolute atomic E-state index is 0.0403. The van der Waals surface area contributed by atoms with Crippen LogP contribution in [0.2, 0.25) is 0 Å². The van der Waals surface area contributed by atoms with E-state index in [1.54, 1.807) is 0 Å². The van der Waals surface area contributed by atoms with Crippen molar-refractivity contribution in [3.8, 4) is 0 Å². The zero-order valence-electron chi connectivity index (χ0n) is 14.3. The predicted octanol–water partition coefficient (Wildman–Crippen LogP) is 1.57. The molecule has 0 unspecified atom stereocenters. The van der Waals surface area contributed by atoms with Crippen LogP contribution in [0, 0.1) is 6.92 Å². The smallest absolute Gasteiger partial charge is 0.212 e. The van der Waals surface area contributed by atoms with Crippen LogP contribution in [-0.4, -0.2) is 57.4 Å². The van der Waals surface area contributed by atoms with Gasteiger partial charge in [0.25, 0.3) is 0 Å². The van der Waals surface area contributed by atoms with E-state index in [2.05, 4.69) is 0 Å². The summed E-state index contributed by atoms with van der Waals surface area (Å²) in [5.41, 5.74) is 1.74. The molecule has 2 rings (SSSR count). The molecule has 1 aromatic rings. The van der Waals surface area contributed by atoms with E-state index in [1.807, 2.05) is 38.1 Å². The average Bonchev–Trinajstić information content (AvgIpc) is 2.76. The van der Waals surface area contributed by atoms with Gasteiger partial charge in [0.2, 0.25) is 20.0 Å². The Labute approximate surface area is 145 Å². The Balaban J connectivity index is 2.09. The van der Waals surface area contributed by atoms with Gasteiger partial charge in [-0.05, 0) is 30.9 Å². The molecule has 0 saturated carbocycles. The van der Waals surface area contributed by atoms with Gasteiger partial charge >= 0.3 is 0 Å². The molecule has 1 saturated heterocycles. The number of hydrogen-bond acceptors (Lipinski definition) is 4. The second-order valence-corrected chi connectivity index (χ2v) is 10.2. The largest absolute Gasteiger partial charge is 0.218 e. The third-order valence-electron chi connectivity index (χ3n) is 4.26. The van der Waals surface area contributed by atoms with E-state index in [0.29, 0.717) is 25.9 Å². The lowest BCUT2D eigenvalue weighted by molar-refractivity contribution is 0.404. The standard InChI is InChI=1S/C16H26N2O4S2/c1-3-13-23(19,20)17-9-6-10-18(12-11-17)24(21,22)14-16-8-5-4-7-15(16)2/h4-5,7-8H,3,6,9-14H2,1-2H3. The van der Waals surface area contributed by atoms with Crippen LogP contribution in [0.15, 0.2) is 24.3 Å². The maximum atomic E-state index is 12.7. The second-order valence-electron chi connectivity index (χ2n) is 6.15. The summed E-state index contributed by atoms with van der Waals surface area (Å²) >= 11 is 0. The van der Waals surface area contributed by atoms with E-state index < -0.39 is 20.0 Å². The molecule has 0 spiro atoms. The molecule has 0 atom stereocenters. The Morgan fingerprint density at radius 1 is 0.917 bits per heavy atom. The number of hydrogen-bond donors (Lipinski definition) is 0. The normalized spacial score (nSPS) is 18.4. The Bertz CT molecular complexity index is 760. The van der Waals surface area contributed by atoms with Crippen molar-refractivity contribution in [2.24, 2.45) is 0 Å². The molecule has 0 amide bonds. The highest BCUT2D eigenvalue weighted by Gasteiger charge is 2.29. The zero-order valence-corrected chi connectivity index (χ0v) is 15.9. The number of sulfonamides is 2. The molecular weight excluding hydrogens is 348 g/mol. The van der Waals surface area contributed by atoms with Gasteiger partial charge in [-0.15, -0.1) is 0 Å². The first-order valence-electron chi connectivity index (χ1n) is 8.26. The Morgan fingerprint density at radius 3 is 2.08 bits per heavy atom. The minimum Gasteiger partial charge on any atom is -0.212 e. The maximum Gasteiger partial charge on any atom is 0.218 e. The van der Waals surface area contributed by atoms with Crippen molar-refractivity contribution in [3.05, 3.63) is 35.4 Å². The van der Waals surface area contributed by atoms with Crippen LogP contribution in [0.5, 0.6) is 0 Å². The molecule has 1 fully saturated rings. The molecule has 0 aromatic heterocycles. The van der Waals surface area contributed by atoms with Crippen LogP contribution < -0.4 is 0 Å². The van der Waals surface area contributed by atoms with Crippen molar-refractivity contribution >= 4 is 20.0 Å². The first-order chi connectivity index (χ1) is 11.3. The van der Waals surface area contributed by atoms with Crippen LogP contribution in [0.4, 0.5) is 0 Å². The average molecular weight is 375 g/mol. The van der Waals surface area contributed by atoms with E-state index in [-0.39, 0.29) is 24.6 Å². The topological polar surface area (TPSA) is 74.8 Å². The summed E-state index contributed by atoms with van der Waals surface area (Å²) in [6, 6.07) is 7.43. The quantitative estimate of drug-likeness (QED) is 0.757. The van der Waals surface area contributed by atoms with E-state index in [1.165, 1.54) is 8.61 Å². The van der Waals surface area contributed by atoms with Gasteiger partial charge in [0.05, 0.1) is 11.5 Å². The van der Waals surface area contributed by atoms with Crippen LogP contribution in [-0.2, 0) is 25.8 Å². The highest BCUT2D eigenvalue weighted by atomic mass is 32.2. The molecule has 0 bridgehead atoms. The van der Waals surface area contributed by atoms with Crippen molar-refractivity contribution < 1.29 is 16.8 Å². The highest BCUT2D eigenvalue weighted by molar-refractivity contribution is 7.89. The van der Waals surface area contributed by atoms with Crippen molar-refractivity contribution in [2.75, 3.05) is 31.9 Å². The first kappa shape index (κ1) is 19.4. The number of benzene rings is 1. The summed E-state index contributed by atoms with van der Waals surface area (Å²) in [5, 5.41) is 0. The second kappa shape index (κ2) is 7.95. The fraction of sp³-hybridized carbons (Fsp3) is 0.625. The molecule has 8 heteroatoms. The van der Waals surface area contributed by atoms with Gasteiger partial charge in [0, 0.05) is 26.2 Å². The third kappa shape index (κ3) is 4.78. The van der Waals surface area contributed by atoms with E-state index in [0.717, 1.165) is 11.1 Å². The fourth-order valence-corrected chi connectivity index (χ4v) is 6.08. The minimum atomic E-state index is -3.45. The lowest BCUT2D eigenvalue weighted by atomic mass is 10.1. The van der Waals surface area contributed by atoms with E-state index in [4.69, 9.17) is 0 Å². The molecule has 1 aliphatic rings. The monoisotopic (exact) mass is 374 g/mol. The van der Waals surface area contributed by atoms with Crippen LogP contribution in [0.25, 0.3) is 0 Å². The number of aryl methyl sites for hydroxylation is 1. The predicted molar refractivity (Wildman–Crippen MR) is 95.6 cm³/mol. The highest BCUT2D eigenvalue weighted by Crippen LogP contribution is 2.17. The molecule has 0 N–H and O–H groups in total. The Kier molecular flexibility index (Phi) is 6.41. The molecule has 1 heterocycles. The SMILES string of the molecule is CCCS(=O)(=O)N1CCCN(S(=O)(=O)Cc2ccccc2C)CC1. The van der Waals surface area contributed by atoms with Gasteiger partial charge in [0.1, 0.15) is 0 Å². The van der Waals surface area contributed by atoms with Crippen LogP contribution in [0.1, 0.15) is 30.9 Å². The van der Waals surface area contributed by atoms with Gasteiger partial charge in [-0.1, -0.05) is 31.2 Å². The molecule has 1 aromatic carbocycles. The first-order valence-corrected chi connectivity index (χ1v) is 11.5.